The molecule has 1 amide bonds. The van der Waals surface area contributed by atoms with Gasteiger partial charge in [0.15, 0.2) is 0 Å². The van der Waals surface area contributed by atoms with Crippen LogP contribution in [0.1, 0.15) is 32.4 Å². The van der Waals surface area contributed by atoms with Crippen molar-refractivity contribution in [2.24, 2.45) is 5.92 Å². The summed E-state index contributed by atoms with van der Waals surface area (Å²) < 4.78 is 1.05. The van der Waals surface area contributed by atoms with Gasteiger partial charge in [0, 0.05) is 17.1 Å². The molecule has 1 rings (SSSR count). The molecule has 2 N–H and O–H groups in total. The van der Waals surface area contributed by atoms with Crippen molar-refractivity contribution < 1.29 is 4.79 Å². The summed E-state index contributed by atoms with van der Waals surface area (Å²) in [7, 11) is 0. The van der Waals surface area contributed by atoms with Crippen LogP contribution in [0.5, 0.6) is 0 Å². The van der Waals surface area contributed by atoms with Gasteiger partial charge in [-0.05, 0) is 30.5 Å². The lowest BCUT2D eigenvalue weighted by Gasteiger charge is -2.15. The van der Waals surface area contributed by atoms with Gasteiger partial charge in [0.2, 0.25) is 5.91 Å². The maximum absolute atomic E-state index is 11.6. The van der Waals surface area contributed by atoms with Gasteiger partial charge in [-0.1, -0.05) is 41.9 Å². The third-order valence-corrected chi connectivity index (χ3v) is 3.12. The minimum Gasteiger partial charge on any atom is -0.355 e. The predicted octanol–water partition coefficient (Wildman–Crippen LogP) is 2.87. The molecule has 0 fully saturated rings. The first-order valence-electron chi connectivity index (χ1n) is 6.24. The van der Waals surface area contributed by atoms with Crippen molar-refractivity contribution in [2.45, 2.75) is 26.8 Å². The normalized spacial score (nSPS) is 12.5. The Bertz CT molecular complexity index is 393. The third kappa shape index (κ3) is 5.65. The van der Waals surface area contributed by atoms with Crippen LogP contribution in [0.3, 0.4) is 0 Å². The predicted molar refractivity (Wildman–Crippen MR) is 78.4 cm³/mol. The Morgan fingerprint density at radius 2 is 2.06 bits per heavy atom. The monoisotopic (exact) mass is 312 g/mol. The molecule has 3 nitrogen and oxygen atoms in total. The van der Waals surface area contributed by atoms with Crippen LogP contribution in [-0.4, -0.2) is 19.0 Å². The largest absolute Gasteiger partial charge is 0.355 e. The van der Waals surface area contributed by atoms with Gasteiger partial charge in [0.25, 0.3) is 0 Å². The molecule has 1 aromatic rings. The summed E-state index contributed by atoms with van der Waals surface area (Å²) in [6, 6.07) is 8.26. The molecule has 0 unspecified atom stereocenters. The number of hydrogen-bond acceptors (Lipinski definition) is 2. The van der Waals surface area contributed by atoms with Gasteiger partial charge in [-0.25, -0.2) is 0 Å². The first kappa shape index (κ1) is 15.2. The Kier molecular flexibility index (Phi) is 6.36. The number of amides is 1. The Labute approximate surface area is 117 Å². The van der Waals surface area contributed by atoms with E-state index in [1.807, 2.05) is 12.1 Å². The molecule has 0 aromatic heterocycles. The topological polar surface area (TPSA) is 41.1 Å². The lowest BCUT2D eigenvalue weighted by molar-refractivity contribution is -0.120. The fourth-order valence-electron chi connectivity index (χ4n) is 1.52. The van der Waals surface area contributed by atoms with Crippen LogP contribution in [0, 0.1) is 5.92 Å². The molecule has 0 saturated heterocycles. The molecule has 0 radical (unpaired) electrons. The summed E-state index contributed by atoms with van der Waals surface area (Å²) in [5.74, 6) is 0.530. The van der Waals surface area contributed by atoms with Crippen molar-refractivity contribution in [2.75, 3.05) is 13.1 Å². The smallest absolute Gasteiger partial charge is 0.233 e. The van der Waals surface area contributed by atoms with Crippen LogP contribution in [0.25, 0.3) is 0 Å². The van der Waals surface area contributed by atoms with E-state index in [-0.39, 0.29) is 11.9 Å². The van der Waals surface area contributed by atoms with Gasteiger partial charge >= 0.3 is 0 Å². The summed E-state index contributed by atoms with van der Waals surface area (Å²) in [5.41, 5.74) is 1.17. The zero-order valence-corrected chi connectivity index (χ0v) is 12.8. The molecule has 0 aliphatic rings. The fourth-order valence-corrected chi connectivity index (χ4v) is 1.94. The van der Waals surface area contributed by atoms with Crippen LogP contribution < -0.4 is 10.6 Å². The number of benzene rings is 1. The summed E-state index contributed by atoms with van der Waals surface area (Å²) in [4.78, 5) is 11.6. The quantitative estimate of drug-likeness (QED) is 0.848. The molecule has 4 heteroatoms. The molecular weight excluding hydrogens is 292 g/mol. The molecule has 0 saturated carbocycles. The maximum Gasteiger partial charge on any atom is 0.233 e. The standard InChI is InChI=1S/C14H21BrN2O/c1-10(2)8-17-14(18)9-16-11(3)12-5-4-6-13(15)7-12/h4-7,10-11,16H,8-9H2,1-3H3,(H,17,18)/t11-/m1/s1. The number of rotatable bonds is 6. The van der Waals surface area contributed by atoms with E-state index < -0.39 is 0 Å². The molecule has 0 bridgehead atoms. The fraction of sp³-hybridized carbons (Fsp3) is 0.500. The minimum atomic E-state index is 0.0468. The molecule has 100 valence electrons. The second kappa shape index (κ2) is 7.54. The van der Waals surface area contributed by atoms with E-state index in [4.69, 9.17) is 0 Å². The van der Waals surface area contributed by atoms with Crippen LogP contribution in [0.2, 0.25) is 0 Å². The summed E-state index contributed by atoms with van der Waals surface area (Å²) in [6.07, 6.45) is 0. The van der Waals surface area contributed by atoms with Gasteiger partial charge in [-0.2, -0.15) is 0 Å². The van der Waals surface area contributed by atoms with Crippen molar-refractivity contribution in [3.8, 4) is 0 Å². The summed E-state index contributed by atoms with van der Waals surface area (Å²) in [5, 5.41) is 6.11. The summed E-state index contributed by atoms with van der Waals surface area (Å²) >= 11 is 3.44. The average molecular weight is 313 g/mol. The van der Waals surface area contributed by atoms with Gasteiger partial charge < -0.3 is 10.6 Å². The molecule has 0 aliphatic carbocycles. The Morgan fingerprint density at radius 1 is 1.33 bits per heavy atom. The van der Waals surface area contributed by atoms with Crippen molar-refractivity contribution in [3.63, 3.8) is 0 Å². The van der Waals surface area contributed by atoms with Crippen LogP contribution in [-0.2, 0) is 4.79 Å². The van der Waals surface area contributed by atoms with Crippen molar-refractivity contribution in [3.05, 3.63) is 34.3 Å². The third-order valence-electron chi connectivity index (χ3n) is 2.62. The van der Waals surface area contributed by atoms with Gasteiger partial charge in [-0.15, -0.1) is 0 Å². The number of halogens is 1. The Morgan fingerprint density at radius 3 is 2.67 bits per heavy atom. The van der Waals surface area contributed by atoms with E-state index in [1.54, 1.807) is 0 Å². The van der Waals surface area contributed by atoms with Crippen LogP contribution >= 0.6 is 15.9 Å². The molecule has 1 aromatic carbocycles. The number of carbonyl (C=O) groups is 1. The zero-order valence-electron chi connectivity index (χ0n) is 11.2. The SMILES string of the molecule is CC(C)CNC(=O)CN[C@H](C)c1cccc(Br)c1. The second-order valence-electron chi connectivity index (χ2n) is 4.86. The maximum atomic E-state index is 11.6. The highest BCUT2D eigenvalue weighted by atomic mass is 79.9. The van der Waals surface area contributed by atoms with E-state index in [1.165, 1.54) is 5.56 Å². The van der Waals surface area contributed by atoms with Gasteiger partial charge in [0.05, 0.1) is 6.54 Å². The highest BCUT2D eigenvalue weighted by Gasteiger charge is 2.08. The molecule has 0 aliphatic heterocycles. The van der Waals surface area contributed by atoms with Crippen molar-refractivity contribution in [1.82, 2.24) is 10.6 Å². The lowest BCUT2D eigenvalue weighted by atomic mass is 10.1. The molecule has 18 heavy (non-hydrogen) atoms. The van der Waals surface area contributed by atoms with Crippen LogP contribution in [0.15, 0.2) is 28.7 Å². The average Bonchev–Trinajstić information content (AvgIpc) is 2.33. The van der Waals surface area contributed by atoms with Crippen molar-refractivity contribution in [1.29, 1.82) is 0 Å². The number of carbonyl (C=O) groups excluding carboxylic acids is 1. The Balaban J connectivity index is 2.37. The van der Waals surface area contributed by atoms with E-state index in [0.29, 0.717) is 12.5 Å². The van der Waals surface area contributed by atoms with Gasteiger partial charge in [0.1, 0.15) is 0 Å². The van der Waals surface area contributed by atoms with Crippen molar-refractivity contribution >= 4 is 21.8 Å². The molecule has 0 spiro atoms. The van der Waals surface area contributed by atoms with E-state index in [9.17, 15) is 4.79 Å². The lowest BCUT2D eigenvalue weighted by Crippen LogP contribution is -2.36. The first-order chi connectivity index (χ1) is 8.49. The zero-order chi connectivity index (χ0) is 13.5. The van der Waals surface area contributed by atoms with Gasteiger partial charge in [-0.3, -0.25) is 4.79 Å². The molecule has 0 heterocycles. The highest BCUT2D eigenvalue weighted by molar-refractivity contribution is 9.10. The highest BCUT2D eigenvalue weighted by Crippen LogP contribution is 2.17. The minimum absolute atomic E-state index is 0.0468. The van der Waals surface area contributed by atoms with E-state index in [2.05, 4.69) is 59.5 Å². The molecular formula is C14H21BrN2O. The van der Waals surface area contributed by atoms with E-state index >= 15 is 0 Å². The van der Waals surface area contributed by atoms with E-state index in [0.717, 1.165) is 11.0 Å². The first-order valence-corrected chi connectivity index (χ1v) is 7.04. The second-order valence-corrected chi connectivity index (χ2v) is 5.77. The molecule has 1 atom stereocenters. The number of nitrogens with one attached hydrogen (secondary N) is 2. The van der Waals surface area contributed by atoms with Crippen LogP contribution in [0.4, 0.5) is 0 Å². The number of hydrogen-bond donors (Lipinski definition) is 2. The summed E-state index contributed by atoms with van der Waals surface area (Å²) in [6.45, 7) is 7.29. The Hall–Kier alpha value is -0.870.